The number of halogens is 4. The maximum Gasteiger partial charge on any atom is 0.419 e. The van der Waals surface area contributed by atoms with Crippen molar-refractivity contribution in [1.82, 2.24) is 24.8 Å². The van der Waals surface area contributed by atoms with Gasteiger partial charge in [-0.2, -0.15) is 13.2 Å². The Labute approximate surface area is 221 Å². The van der Waals surface area contributed by atoms with Gasteiger partial charge in [-0.3, -0.25) is 4.79 Å². The number of imidazole rings is 1. The van der Waals surface area contributed by atoms with Crippen molar-refractivity contribution in [1.29, 1.82) is 0 Å². The Morgan fingerprint density at radius 2 is 2.00 bits per heavy atom. The minimum Gasteiger partial charge on any atom is -0.382 e. The molecular weight excluding hydrogens is 520 g/mol. The highest BCUT2D eigenvalue weighted by molar-refractivity contribution is 5.88. The van der Waals surface area contributed by atoms with E-state index >= 15 is 0 Å². The van der Waals surface area contributed by atoms with Gasteiger partial charge in [0.15, 0.2) is 11.5 Å². The lowest BCUT2D eigenvalue weighted by Crippen LogP contribution is -2.58. The van der Waals surface area contributed by atoms with Gasteiger partial charge in [-0.15, -0.1) is 0 Å². The van der Waals surface area contributed by atoms with Crippen LogP contribution in [0.4, 0.5) is 29.1 Å². The van der Waals surface area contributed by atoms with Gasteiger partial charge in [0, 0.05) is 43.6 Å². The Balaban J connectivity index is 1.45. The molecule has 1 aromatic carbocycles. The van der Waals surface area contributed by atoms with E-state index in [2.05, 4.69) is 20.3 Å². The molecule has 1 amide bonds. The lowest BCUT2D eigenvalue weighted by Gasteiger charge is -2.32. The number of amides is 1. The standard InChI is InChI=1S/C25H30F4N8O2/c1-14(15-4-8-39-9-5-15)35-23(38)24(31)6-7-36(11-24)18-3-2-17(26)19(25(27,28)29)16(18)10-37-13-34-20-21(30)32-12-33-22(20)37/h2-3,12-15H,4-11,31H2,1H3,(H,35,38)(H2,30,32,33)/t14-,24?/m1/s1. The maximum absolute atomic E-state index is 14.7. The van der Waals surface area contributed by atoms with E-state index in [9.17, 15) is 22.4 Å². The molecule has 0 spiro atoms. The highest BCUT2D eigenvalue weighted by Gasteiger charge is 2.44. The summed E-state index contributed by atoms with van der Waals surface area (Å²) in [6, 6.07) is 1.95. The number of hydrogen-bond donors (Lipinski definition) is 3. The lowest BCUT2D eigenvalue weighted by molar-refractivity contribution is -0.140. The first-order chi connectivity index (χ1) is 18.5. The first kappa shape index (κ1) is 27.1. The molecule has 2 saturated heterocycles. The van der Waals surface area contributed by atoms with Crippen molar-refractivity contribution in [2.75, 3.05) is 36.9 Å². The van der Waals surface area contributed by atoms with E-state index in [0.717, 1.165) is 18.9 Å². The van der Waals surface area contributed by atoms with Crippen molar-refractivity contribution in [3.8, 4) is 0 Å². The van der Waals surface area contributed by atoms with Gasteiger partial charge in [0.25, 0.3) is 0 Å². The van der Waals surface area contributed by atoms with Crippen LogP contribution in [0.5, 0.6) is 0 Å². The van der Waals surface area contributed by atoms with Crippen LogP contribution >= 0.6 is 0 Å². The SMILES string of the molecule is C[C@@H](NC(=O)C1(N)CCN(c2ccc(F)c(C(F)(F)F)c2Cn2cnc3c(N)ncnc32)C1)C1CCOCC1. The summed E-state index contributed by atoms with van der Waals surface area (Å²) >= 11 is 0. The number of nitrogen functional groups attached to an aromatic ring is 1. The molecule has 5 rings (SSSR count). The number of aromatic nitrogens is 4. The van der Waals surface area contributed by atoms with Crippen LogP contribution in [-0.4, -0.2) is 63.3 Å². The van der Waals surface area contributed by atoms with E-state index in [-0.39, 0.29) is 65.6 Å². The fourth-order valence-corrected chi connectivity index (χ4v) is 5.46. The highest BCUT2D eigenvalue weighted by atomic mass is 19.4. The lowest BCUT2D eigenvalue weighted by atomic mass is 9.91. The zero-order valence-corrected chi connectivity index (χ0v) is 21.3. The number of alkyl halides is 3. The fourth-order valence-electron chi connectivity index (χ4n) is 5.46. The molecule has 2 aliphatic heterocycles. The molecule has 2 fully saturated rings. The van der Waals surface area contributed by atoms with Crippen LogP contribution in [-0.2, 0) is 22.3 Å². The number of nitrogens with two attached hydrogens (primary N) is 2. The van der Waals surface area contributed by atoms with Crippen molar-refractivity contribution < 1.29 is 27.1 Å². The smallest absolute Gasteiger partial charge is 0.382 e. The van der Waals surface area contributed by atoms with Crippen molar-refractivity contribution in [3.05, 3.63) is 41.7 Å². The number of anilines is 2. The summed E-state index contributed by atoms with van der Waals surface area (Å²) < 4.78 is 63.9. The van der Waals surface area contributed by atoms with Crippen molar-refractivity contribution >= 4 is 28.6 Å². The first-order valence-corrected chi connectivity index (χ1v) is 12.7. The van der Waals surface area contributed by atoms with Crippen molar-refractivity contribution in [2.45, 2.75) is 50.5 Å². The predicted octanol–water partition coefficient (Wildman–Crippen LogP) is 2.45. The van der Waals surface area contributed by atoms with E-state index in [1.54, 1.807) is 4.90 Å². The van der Waals surface area contributed by atoms with Gasteiger partial charge in [-0.05, 0) is 44.2 Å². The van der Waals surface area contributed by atoms with Crippen LogP contribution in [0, 0.1) is 11.7 Å². The normalized spacial score (nSPS) is 21.4. The van der Waals surface area contributed by atoms with Gasteiger partial charge in [-0.25, -0.2) is 19.3 Å². The summed E-state index contributed by atoms with van der Waals surface area (Å²) in [5.74, 6) is -1.44. The number of fused-ring (bicyclic) bond motifs is 1. The van der Waals surface area contributed by atoms with Crippen LogP contribution in [0.1, 0.15) is 37.3 Å². The highest BCUT2D eigenvalue weighted by Crippen LogP contribution is 2.40. The summed E-state index contributed by atoms with van der Waals surface area (Å²) in [6.45, 7) is 2.97. The molecular formula is C25H30F4N8O2. The number of hydrogen-bond acceptors (Lipinski definition) is 8. The Kier molecular flexibility index (Phi) is 7.10. The molecule has 5 N–H and O–H groups in total. The molecule has 4 heterocycles. The predicted molar refractivity (Wildman–Crippen MR) is 135 cm³/mol. The molecule has 2 atom stereocenters. The van der Waals surface area contributed by atoms with Gasteiger partial charge in [-0.1, -0.05) is 0 Å². The minimum absolute atomic E-state index is 0.0327. The summed E-state index contributed by atoms with van der Waals surface area (Å²) in [6.07, 6.45) is -0.651. The van der Waals surface area contributed by atoms with Crippen molar-refractivity contribution in [2.24, 2.45) is 11.7 Å². The molecule has 0 saturated carbocycles. The topological polar surface area (TPSA) is 137 Å². The molecule has 3 aromatic rings. The average molecular weight is 551 g/mol. The summed E-state index contributed by atoms with van der Waals surface area (Å²) in [5, 5.41) is 3.00. The number of ether oxygens (including phenoxy) is 1. The van der Waals surface area contributed by atoms with E-state index < -0.39 is 29.6 Å². The van der Waals surface area contributed by atoms with E-state index in [0.29, 0.717) is 13.2 Å². The molecule has 0 aliphatic carbocycles. The third-order valence-electron chi connectivity index (χ3n) is 7.70. The largest absolute Gasteiger partial charge is 0.419 e. The minimum atomic E-state index is -4.98. The molecule has 2 aliphatic rings. The third-order valence-corrected chi connectivity index (χ3v) is 7.70. The molecule has 210 valence electrons. The molecule has 0 bridgehead atoms. The molecule has 10 nitrogen and oxygen atoms in total. The second kappa shape index (κ2) is 10.2. The van der Waals surface area contributed by atoms with Gasteiger partial charge >= 0.3 is 6.18 Å². The van der Waals surface area contributed by atoms with E-state index in [4.69, 9.17) is 16.2 Å². The zero-order valence-electron chi connectivity index (χ0n) is 21.3. The van der Waals surface area contributed by atoms with Crippen LogP contribution in [0.3, 0.4) is 0 Å². The summed E-state index contributed by atoms with van der Waals surface area (Å²) in [7, 11) is 0. The monoisotopic (exact) mass is 550 g/mol. The number of carbonyl (C=O) groups is 1. The zero-order chi connectivity index (χ0) is 27.9. The number of nitrogens with zero attached hydrogens (tertiary/aromatic N) is 5. The quantitative estimate of drug-likeness (QED) is 0.398. The van der Waals surface area contributed by atoms with Crippen LogP contribution < -0.4 is 21.7 Å². The number of carbonyl (C=O) groups excluding carboxylic acids is 1. The third kappa shape index (κ3) is 5.22. The van der Waals surface area contributed by atoms with Gasteiger partial charge in [0.1, 0.15) is 23.2 Å². The van der Waals surface area contributed by atoms with Crippen LogP contribution in [0.2, 0.25) is 0 Å². The van der Waals surface area contributed by atoms with E-state index in [1.165, 1.54) is 23.3 Å². The molecule has 39 heavy (non-hydrogen) atoms. The molecule has 1 unspecified atom stereocenters. The fraction of sp³-hybridized carbons (Fsp3) is 0.520. The average Bonchev–Trinajstić information content (AvgIpc) is 3.49. The van der Waals surface area contributed by atoms with E-state index in [1.807, 2.05) is 6.92 Å². The van der Waals surface area contributed by atoms with Gasteiger partial charge in [0.05, 0.1) is 18.4 Å². The molecule has 14 heteroatoms. The van der Waals surface area contributed by atoms with Gasteiger partial charge in [0.2, 0.25) is 5.91 Å². The first-order valence-electron chi connectivity index (χ1n) is 12.7. The molecule has 0 radical (unpaired) electrons. The van der Waals surface area contributed by atoms with Gasteiger partial charge < -0.3 is 31.0 Å². The second-order valence-electron chi connectivity index (χ2n) is 10.3. The maximum atomic E-state index is 14.7. The number of benzene rings is 1. The Bertz CT molecular complexity index is 1370. The van der Waals surface area contributed by atoms with Crippen molar-refractivity contribution in [3.63, 3.8) is 0 Å². The Hall–Kier alpha value is -3.52. The summed E-state index contributed by atoms with van der Waals surface area (Å²) in [4.78, 5) is 26.9. The Morgan fingerprint density at radius 1 is 1.26 bits per heavy atom. The number of nitrogens with one attached hydrogen (secondary N) is 1. The second-order valence-corrected chi connectivity index (χ2v) is 10.3. The summed E-state index contributed by atoms with van der Waals surface area (Å²) in [5.41, 5.74) is 9.87. The Morgan fingerprint density at radius 3 is 2.72 bits per heavy atom. The van der Waals surface area contributed by atoms with Crippen LogP contribution in [0.15, 0.2) is 24.8 Å². The number of rotatable bonds is 6. The molecule has 2 aromatic heterocycles. The van der Waals surface area contributed by atoms with Crippen LogP contribution in [0.25, 0.3) is 11.2 Å².